The van der Waals surface area contributed by atoms with E-state index in [2.05, 4.69) is 0 Å². The molecule has 0 radical (unpaired) electrons. The number of halogens is 1. The number of hydrogen-bond donors (Lipinski definition) is 1. The minimum absolute atomic E-state index is 0.346. The number of benzene rings is 2. The molecule has 0 unspecified atom stereocenters. The van der Waals surface area contributed by atoms with Gasteiger partial charge in [-0.2, -0.15) is 0 Å². The zero-order chi connectivity index (χ0) is 13.0. The van der Waals surface area contributed by atoms with Crippen molar-refractivity contribution in [1.29, 1.82) is 0 Å². The van der Waals surface area contributed by atoms with Gasteiger partial charge in [0, 0.05) is 11.6 Å². The fourth-order valence-corrected chi connectivity index (χ4v) is 1.73. The molecule has 1 atom stereocenters. The van der Waals surface area contributed by atoms with E-state index >= 15 is 0 Å². The normalized spacial score (nSPS) is 12.2. The van der Waals surface area contributed by atoms with Crippen molar-refractivity contribution in [3.05, 3.63) is 59.9 Å². The first-order chi connectivity index (χ1) is 8.70. The Hall–Kier alpha value is -1.87. The van der Waals surface area contributed by atoms with Crippen LogP contribution < -0.4 is 4.74 Å². The van der Waals surface area contributed by atoms with E-state index in [9.17, 15) is 9.50 Å². The quantitative estimate of drug-likeness (QED) is 0.881. The Kier molecular flexibility index (Phi) is 3.95. The summed E-state index contributed by atoms with van der Waals surface area (Å²) in [6, 6.07) is 13.2. The first-order valence-corrected chi connectivity index (χ1v) is 5.91. The van der Waals surface area contributed by atoms with Gasteiger partial charge in [0.2, 0.25) is 0 Å². The van der Waals surface area contributed by atoms with Gasteiger partial charge in [-0.25, -0.2) is 4.39 Å². The van der Waals surface area contributed by atoms with Crippen LogP contribution in [0.1, 0.15) is 25.0 Å². The number of hydrogen-bond acceptors (Lipinski definition) is 2. The Balaban J connectivity index is 2.29. The maximum absolute atomic E-state index is 13.1. The van der Waals surface area contributed by atoms with Gasteiger partial charge in [-0.1, -0.05) is 31.2 Å². The van der Waals surface area contributed by atoms with E-state index in [-0.39, 0.29) is 5.82 Å². The molecule has 2 nitrogen and oxygen atoms in total. The lowest BCUT2D eigenvalue weighted by Crippen LogP contribution is -1.98. The molecule has 0 aliphatic carbocycles. The van der Waals surface area contributed by atoms with Gasteiger partial charge in [-0.3, -0.25) is 0 Å². The molecule has 18 heavy (non-hydrogen) atoms. The van der Waals surface area contributed by atoms with E-state index in [0.29, 0.717) is 23.5 Å². The first-order valence-electron chi connectivity index (χ1n) is 5.91. The highest BCUT2D eigenvalue weighted by Crippen LogP contribution is 2.30. The Morgan fingerprint density at radius 3 is 2.67 bits per heavy atom. The van der Waals surface area contributed by atoms with Gasteiger partial charge < -0.3 is 9.84 Å². The molecule has 0 saturated heterocycles. The predicted octanol–water partition coefficient (Wildman–Crippen LogP) is 4.06. The summed E-state index contributed by atoms with van der Waals surface area (Å²) >= 11 is 0. The molecule has 2 aromatic carbocycles. The SMILES string of the molecule is CC[C@H](O)c1ccccc1Oc1cccc(F)c1. The lowest BCUT2D eigenvalue weighted by molar-refractivity contribution is 0.170. The summed E-state index contributed by atoms with van der Waals surface area (Å²) in [5.41, 5.74) is 0.712. The molecule has 0 aromatic heterocycles. The van der Waals surface area contributed by atoms with Crippen LogP contribution in [0.15, 0.2) is 48.5 Å². The van der Waals surface area contributed by atoms with Gasteiger partial charge in [0.15, 0.2) is 0 Å². The van der Waals surface area contributed by atoms with Gasteiger partial charge in [-0.15, -0.1) is 0 Å². The van der Waals surface area contributed by atoms with Crippen LogP contribution in [0.25, 0.3) is 0 Å². The Morgan fingerprint density at radius 1 is 1.17 bits per heavy atom. The van der Waals surface area contributed by atoms with Crippen LogP contribution >= 0.6 is 0 Å². The standard InChI is InChI=1S/C15H15FO2/c1-2-14(17)13-8-3-4-9-15(13)18-12-7-5-6-11(16)10-12/h3-10,14,17H,2H2,1H3/t14-/m0/s1. The molecule has 0 spiro atoms. The number of rotatable bonds is 4. The van der Waals surface area contributed by atoms with Crippen molar-refractivity contribution < 1.29 is 14.2 Å². The van der Waals surface area contributed by atoms with Gasteiger partial charge >= 0.3 is 0 Å². The molecular weight excluding hydrogens is 231 g/mol. The van der Waals surface area contributed by atoms with Crippen LogP contribution in [0.3, 0.4) is 0 Å². The average Bonchev–Trinajstić information content (AvgIpc) is 2.38. The van der Waals surface area contributed by atoms with Crippen molar-refractivity contribution in [2.45, 2.75) is 19.4 Å². The van der Waals surface area contributed by atoms with Gasteiger partial charge in [-0.05, 0) is 24.6 Å². The Bertz CT molecular complexity index is 525. The smallest absolute Gasteiger partial charge is 0.133 e. The highest BCUT2D eigenvalue weighted by molar-refractivity contribution is 5.39. The van der Waals surface area contributed by atoms with E-state index in [1.54, 1.807) is 18.2 Å². The van der Waals surface area contributed by atoms with Crippen LogP contribution in [0, 0.1) is 5.82 Å². The van der Waals surface area contributed by atoms with E-state index in [1.807, 2.05) is 25.1 Å². The van der Waals surface area contributed by atoms with E-state index in [0.717, 1.165) is 0 Å². The van der Waals surface area contributed by atoms with Gasteiger partial charge in [0.1, 0.15) is 17.3 Å². The maximum atomic E-state index is 13.1. The molecule has 3 heteroatoms. The Labute approximate surface area is 106 Å². The first kappa shape index (κ1) is 12.6. The number of aliphatic hydroxyl groups excluding tert-OH is 1. The van der Waals surface area contributed by atoms with Crippen LogP contribution in [-0.2, 0) is 0 Å². The number of aliphatic hydroxyl groups is 1. The number of para-hydroxylation sites is 1. The third-order valence-electron chi connectivity index (χ3n) is 2.69. The predicted molar refractivity (Wildman–Crippen MR) is 68.2 cm³/mol. The lowest BCUT2D eigenvalue weighted by atomic mass is 10.1. The molecule has 94 valence electrons. The van der Waals surface area contributed by atoms with Crippen molar-refractivity contribution in [2.75, 3.05) is 0 Å². The van der Waals surface area contributed by atoms with Crippen LogP contribution in [0.2, 0.25) is 0 Å². The van der Waals surface area contributed by atoms with Crippen molar-refractivity contribution in [1.82, 2.24) is 0 Å². The molecule has 0 fully saturated rings. The van der Waals surface area contributed by atoms with Crippen molar-refractivity contribution in [2.24, 2.45) is 0 Å². The molecule has 0 aliphatic rings. The third kappa shape index (κ3) is 2.87. The van der Waals surface area contributed by atoms with Crippen molar-refractivity contribution in [3.63, 3.8) is 0 Å². The van der Waals surface area contributed by atoms with Crippen LogP contribution in [0.5, 0.6) is 11.5 Å². The molecule has 0 saturated carbocycles. The minimum Gasteiger partial charge on any atom is -0.457 e. The van der Waals surface area contributed by atoms with Gasteiger partial charge in [0.25, 0.3) is 0 Å². The summed E-state index contributed by atoms with van der Waals surface area (Å²) in [5.74, 6) is 0.629. The fraction of sp³-hybridized carbons (Fsp3) is 0.200. The molecular formula is C15H15FO2. The molecule has 2 aromatic rings. The molecule has 1 N–H and O–H groups in total. The van der Waals surface area contributed by atoms with Crippen LogP contribution in [0.4, 0.5) is 4.39 Å². The fourth-order valence-electron chi connectivity index (χ4n) is 1.73. The molecule has 0 amide bonds. The summed E-state index contributed by atoms with van der Waals surface area (Å²) < 4.78 is 18.7. The maximum Gasteiger partial charge on any atom is 0.133 e. The minimum atomic E-state index is -0.574. The highest BCUT2D eigenvalue weighted by Gasteiger charge is 2.11. The molecule has 0 aliphatic heterocycles. The topological polar surface area (TPSA) is 29.5 Å². The third-order valence-corrected chi connectivity index (χ3v) is 2.69. The second kappa shape index (κ2) is 5.65. The zero-order valence-electron chi connectivity index (χ0n) is 10.1. The second-order valence-electron chi connectivity index (χ2n) is 4.02. The Morgan fingerprint density at radius 2 is 1.94 bits per heavy atom. The van der Waals surface area contributed by atoms with Crippen LogP contribution in [-0.4, -0.2) is 5.11 Å². The van der Waals surface area contributed by atoms with E-state index in [1.165, 1.54) is 12.1 Å². The van der Waals surface area contributed by atoms with Crippen molar-refractivity contribution in [3.8, 4) is 11.5 Å². The summed E-state index contributed by atoms with van der Waals surface area (Å²) in [4.78, 5) is 0. The van der Waals surface area contributed by atoms with E-state index in [4.69, 9.17) is 4.74 Å². The van der Waals surface area contributed by atoms with Crippen molar-refractivity contribution >= 4 is 0 Å². The zero-order valence-corrected chi connectivity index (χ0v) is 10.1. The summed E-state index contributed by atoms with van der Waals surface area (Å²) in [5, 5.41) is 9.89. The molecule has 0 heterocycles. The highest BCUT2D eigenvalue weighted by atomic mass is 19.1. The molecule has 0 bridgehead atoms. The lowest BCUT2D eigenvalue weighted by Gasteiger charge is -2.14. The van der Waals surface area contributed by atoms with Gasteiger partial charge in [0.05, 0.1) is 6.10 Å². The molecule has 2 rings (SSSR count). The summed E-state index contributed by atoms with van der Waals surface area (Å²) in [6.45, 7) is 1.89. The summed E-state index contributed by atoms with van der Waals surface area (Å²) in [6.07, 6.45) is 0.0264. The monoisotopic (exact) mass is 246 g/mol. The van der Waals surface area contributed by atoms with E-state index < -0.39 is 6.10 Å². The number of ether oxygens (including phenoxy) is 1. The summed E-state index contributed by atoms with van der Waals surface area (Å²) in [7, 11) is 0. The average molecular weight is 246 g/mol. The second-order valence-corrected chi connectivity index (χ2v) is 4.02. The largest absolute Gasteiger partial charge is 0.457 e.